The molecule has 0 N–H and O–H groups in total. The van der Waals surface area contributed by atoms with Gasteiger partial charge in [0, 0.05) is 0 Å². The van der Waals surface area contributed by atoms with E-state index >= 15 is 0 Å². The molecule has 0 atom stereocenters. The van der Waals surface area contributed by atoms with Crippen molar-refractivity contribution in [3.63, 3.8) is 0 Å². The Labute approximate surface area is 105 Å². The maximum atomic E-state index is 10.6. The minimum Gasteiger partial charge on any atom is -0.544 e. The first kappa shape index (κ1) is 13.6. The highest BCUT2D eigenvalue weighted by molar-refractivity contribution is 5.95. The van der Waals surface area contributed by atoms with Crippen LogP contribution in [-0.2, 0) is 4.79 Å². The third-order valence-electron chi connectivity index (χ3n) is 2.14. The molecular weight excluding hydrogens is 234 g/mol. The van der Waals surface area contributed by atoms with E-state index in [1.165, 1.54) is 13.2 Å². The lowest BCUT2D eigenvalue weighted by molar-refractivity contribution is -0.298. The molecule has 0 unspecified atom stereocenters. The number of nitriles is 1. The molecule has 1 rings (SSSR count). The summed E-state index contributed by atoms with van der Waals surface area (Å²) in [4.78, 5) is 10.6. The van der Waals surface area contributed by atoms with Crippen molar-refractivity contribution in [2.24, 2.45) is 0 Å². The molecule has 0 radical (unpaired) electrons. The molecule has 0 spiro atoms. The Hall–Kier alpha value is -2.48. The fourth-order valence-corrected chi connectivity index (χ4v) is 1.35. The number of carboxylic acid groups (broad SMARTS) is 1. The molecule has 1 aromatic carbocycles. The van der Waals surface area contributed by atoms with Crippen LogP contribution in [0, 0.1) is 11.3 Å². The van der Waals surface area contributed by atoms with Crippen LogP contribution < -0.4 is 14.6 Å². The summed E-state index contributed by atoms with van der Waals surface area (Å²) in [6.45, 7) is 2.28. The lowest BCUT2D eigenvalue weighted by atomic mass is 10.1. The second-order valence-electron chi connectivity index (χ2n) is 3.30. The quantitative estimate of drug-likeness (QED) is 0.565. The van der Waals surface area contributed by atoms with Crippen LogP contribution in [0.15, 0.2) is 23.8 Å². The number of benzene rings is 1. The van der Waals surface area contributed by atoms with Crippen LogP contribution in [0.25, 0.3) is 6.08 Å². The van der Waals surface area contributed by atoms with Gasteiger partial charge in [0.05, 0.1) is 25.3 Å². The number of carbonyl (C=O) groups is 1. The van der Waals surface area contributed by atoms with Crippen LogP contribution in [0.4, 0.5) is 0 Å². The van der Waals surface area contributed by atoms with E-state index < -0.39 is 11.5 Å². The molecule has 0 fully saturated rings. The van der Waals surface area contributed by atoms with E-state index in [0.29, 0.717) is 23.7 Å². The van der Waals surface area contributed by atoms with Crippen LogP contribution in [0.5, 0.6) is 11.5 Å². The van der Waals surface area contributed by atoms with Crippen molar-refractivity contribution in [3.8, 4) is 17.6 Å². The Morgan fingerprint density at radius 2 is 2.22 bits per heavy atom. The summed E-state index contributed by atoms with van der Waals surface area (Å²) in [5.74, 6) is -0.475. The molecule has 0 saturated carbocycles. The molecule has 0 aliphatic heterocycles. The van der Waals surface area contributed by atoms with E-state index in [9.17, 15) is 9.90 Å². The third-order valence-corrected chi connectivity index (χ3v) is 2.14. The molecule has 0 saturated heterocycles. The van der Waals surface area contributed by atoms with Crippen molar-refractivity contribution in [1.82, 2.24) is 0 Å². The number of hydrogen-bond acceptors (Lipinski definition) is 5. The monoisotopic (exact) mass is 246 g/mol. The van der Waals surface area contributed by atoms with E-state index in [1.807, 2.05) is 6.92 Å². The lowest BCUT2D eigenvalue weighted by Crippen LogP contribution is -2.23. The van der Waals surface area contributed by atoms with Crippen molar-refractivity contribution in [3.05, 3.63) is 29.3 Å². The highest BCUT2D eigenvalue weighted by atomic mass is 16.5. The number of rotatable bonds is 5. The maximum absolute atomic E-state index is 10.6. The predicted molar refractivity (Wildman–Crippen MR) is 62.8 cm³/mol. The molecule has 0 bridgehead atoms. The first-order valence-electron chi connectivity index (χ1n) is 5.26. The largest absolute Gasteiger partial charge is 0.544 e. The SMILES string of the molecule is CCOc1cc(/C=C(\C#N)C(=O)[O-])ccc1OC. The number of methoxy groups -OCH3 is 1. The first-order valence-corrected chi connectivity index (χ1v) is 5.26. The molecule has 5 heteroatoms. The van der Waals surface area contributed by atoms with Gasteiger partial charge in [-0.15, -0.1) is 0 Å². The van der Waals surface area contributed by atoms with Crippen molar-refractivity contribution in [1.29, 1.82) is 5.26 Å². The van der Waals surface area contributed by atoms with Crippen LogP contribution >= 0.6 is 0 Å². The second kappa shape index (κ2) is 6.30. The summed E-state index contributed by atoms with van der Waals surface area (Å²) >= 11 is 0. The molecule has 5 nitrogen and oxygen atoms in total. The van der Waals surface area contributed by atoms with E-state index in [0.717, 1.165) is 0 Å². The molecular formula is C13H12NO4-. The zero-order valence-corrected chi connectivity index (χ0v) is 10.1. The fraction of sp³-hybridized carbons (Fsp3) is 0.231. The fourth-order valence-electron chi connectivity index (χ4n) is 1.35. The van der Waals surface area contributed by atoms with Gasteiger partial charge in [0.2, 0.25) is 0 Å². The van der Waals surface area contributed by atoms with Crippen LogP contribution in [-0.4, -0.2) is 19.7 Å². The number of aliphatic carboxylic acids is 1. The van der Waals surface area contributed by atoms with E-state index in [2.05, 4.69) is 0 Å². The number of ether oxygens (including phenoxy) is 2. The molecule has 1 aromatic rings. The Morgan fingerprint density at radius 3 is 2.72 bits per heavy atom. The normalized spacial score (nSPS) is 10.6. The number of carbonyl (C=O) groups excluding carboxylic acids is 1. The predicted octanol–water partition coefficient (Wildman–Crippen LogP) is 0.751. The smallest absolute Gasteiger partial charge is 0.161 e. The van der Waals surface area contributed by atoms with Gasteiger partial charge in [0.1, 0.15) is 6.07 Å². The topological polar surface area (TPSA) is 82.4 Å². The van der Waals surface area contributed by atoms with Gasteiger partial charge >= 0.3 is 0 Å². The summed E-state index contributed by atoms with van der Waals surface area (Å²) in [5.41, 5.74) is 0.0858. The summed E-state index contributed by atoms with van der Waals surface area (Å²) in [6.07, 6.45) is 1.22. The standard InChI is InChI=1S/C13H13NO4/c1-3-18-12-7-9(4-5-11(12)17-2)6-10(8-14)13(15)16/h4-7H,3H2,1-2H3,(H,15,16)/p-1/b10-6+. The minimum absolute atomic E-state index is 0.442. The Bertz CT molecular complexity index is 514. The van der Waals surface area contributed by atoms with Gasteiger partial charge in [-0.1, -0.05) is 6.07 Å². The van der Waals surface area contributed by atoms with E-state index in [1.54, 1.807) is 24.3 Å². The zero-order valence-electron chi connectivity index (χ0n) is 10.1. The average molecular weight is 246 g/mol. The van der Waals surface area contributed by atoms with Crippen molar-refractivity contribution in [2.75, 3.05) is 13.7 Å². The third kappa shape index (κ3) is 3.25. The summed E-state index contributed by atoms with van der Waals surface area (Å²) in [5, 5.41) is 19.2. The van der Waals surface area contributed by atoms with Gasteiger partial charge in [0.15, 0.2) is 11.5 Å². The van der Waals surface area contributed by atoms with Crippen molar-refractivity contribution in [2.45, 2.75) is 6.92 Å². The van der Waals surface area contributed by atoms with Gasteiger partial charge in [-0.3, -0.25) is 0 Å². The van der Waals surface area contributed by atoms with Crippen LogP contribution in [0.1, 0.15) is 12.5 Å². The van der Waals surface area contributed by atoms with Gasteiger partial charge in [-0.2, -0.15) is 5.26 Å². The Balaban J connectivity index is 3.16. The maximum Gasteiger partial charge on any atom is 0.161 e. The molecule has 0 aromatic heterocycles. The summed E-state index contributed by atoms with van der Waals surface area (Å²) in [6, 6.07) is 6.42. The molecule has 0 amide bonds. The van der Waals surface area contributed by atoms with Crippen LogP contribution in [0.2, 0.25) is 0 Å². The summed E-state index contributed by atoms with van der Waals surface area (Å²) in [7, 11) is 1.51. The second-order valence-corrected chi connectivity index (χ2v) is 3.30. The number of hydrogen-bond donors (Lipinski definition) is 0. The van der Waals surface area contributed by atoms with Crippen molar-refractivity contribution >= 4 is 12.0 Å². The van der Waals surface area contributed by atoms with Gasteiger partial charge in [0.25, 0.3) is 0 Å². The van der Waals surface area contributed by atoms with E-state index in [-0.39, 0.29) is 0 Å². The highest BCUT2D eigenvalue weighted by Crippen LogP contribution is 2.28. The molecule has 94 valence electrons. The average Bonchev–Trinajstić information content (AvgIpc) is 2.36. The van der Waals surface area contributed by atoms with Gasteiger partial charge < -0.3 is 19.4 Å². The molecule has 0 aliphatic carbocycles. The lowest BCUT2D eigenvalue weighted by Gasteiger charge is -2.10. The van der Waals surface area contributed by atoms with Crippen LogP contribution in [0.3, 0.4) is 0 Å². The molecule has 0 aliphatic rings. The summed E-state index contributed by atoms with van der Waals surface area (Å²) < 4.78 is 10.4. The number of carboxylic acids is 1. The van der Waals surface area contributed by atoms with Gasteiger partial charge in [-0.25, -0.2) is 0 Å². The Morgan fingerprint density at radius 1 is 1.50 bits per heavy atom. The highest BCUT2D eigenvalue weighted by Gasteiger charge is 2.05. The van der Waals surface area contributed by atoms with E-state index in [4.69, 9.17) is 14.7 Å². The zero-order chi connectivity index (χ0) is 13.5. The van der Waals surface area contributed by atoms with Crippen molar-refractivity contribution < 1.29 is 19.4 Å². The minimum atomic E-state index is -1.51. The molecule has 18 heavy (non-hydrogen) atoms. The number of nitrogens with zero attached hydrogens (tertiary/aromatic N) is 1. The first-order chi connectivity index (χ1) is 8.62. The Kier molecular flexibility index (Phi) is 4.76. The van der Waals surface area contributed by atoms with Gasteiger partial charge in [-0.05, 0) is 30.7 Å². The molecule has 0 heterocycles.